The van der Waals surface area contributed by atoms with Gasteiger partial charge in [0, 0.05) is 21.9 Å². The molecule has 4 heterocycles. The fourth-order valence-electron chi connectivity index (χ4n) is 8.35. The monoisotopic (exact) mass is 790 g/mol. The van der Waals surface area contributed by atoms with Gasteiger partial charge in [0.1, 0.15) is 0 Å². The summed E-state index contributed by atoms with van der Waals surface area (Å²) in [5, 5.41) is 3.49. The van der Waals surface area contributed by atoms with Gasteiger partial charge in [0.15, 0.2) is 10.1 Å². The molecule has 0 fully saturated rings. The Morgan fingerprint density at radius 3 is 1.36 bits per heavy atom. The topological polar surface area (TPSA) is 69.8 Å². The third-order valence-electron chi connectivity index (χ3n) is 12.9. The first-order valence-corrected chi connectivity index (χ1v) is 22.0. The number of fused-ring (bicyclic) bond motifs is 6. The summed E-state index contributed by atoms with van der Waals surface area (Å²) in [6.45, 7) is 29.4. The number of benzene rings is 3. The van der Waals surface area contributed by atoms with Crippen LogP contribution in [-0.4, -0.2) is 27.5 Å². The van der Waals surface area contributed by atoms with Crippen molar-refractivity contribution in [1.82, 2.24) is 19.1 Å². The molecule has 0 radical (unpaired) electrons. The van der Waals surface area contributed by atoms with Crippen LogP contribution >= 0.6 is 0 Å². The molecule has 7 heteroatoms. The Morgan fingerprint density at radius 1 is 0.552 bits per heavy atom. The van der Waals surface area contributed by atoms with E-state index in [4.69, 9.17) is 0 Å². The van der Waals surface area contributed by atoms with Crippen LogP contribution in [0.3, 0.4) is 0 Å². The van der Waals surface area contributed by atoms with Crippen molar-refractivity contribution in [3.8, 4) is 11.4 Å². The van der Waals surface area contributed by atoms with Crippen molar-refractivity contribution in [2.75, 3.05) is 0 Å². The number of hydrogen-bond donors (Lipinski definition) is 0. The lowest BCUT2D eigenvalue weighted by Crippen LogP contribution is -2.34. The number of allylic oxidation sites excluding steroid dienone is 1. The zero-order valence-corrected chi connectivity index (χ0v) is 37.4. The second kappa shape index (κ2) is 13.0. The highest BCUT2D eigenvalue weighted by atomic mass is 32.2. The van der Waals surface area contributed by atoms with Crippen molar-refractivity contribution >= 4 is 48.6 Å². The first-order chi connectivity index (χ1) is 26.9. The molecule has 3 aromatic carbocycles. The summed E-state index contributed by atoms with van der Waals surface area (Å²) in [6.07, 6.45) is 8.85. The molecule has 0 amide bonds. The summed E-state index contributed by atoms with van der Waals surface area (Å²) >= 11 is 0. The molecular weight excluding hydrogens is 733 g/mol. The summed E-state index contributed by atoms with van der Waals surface area (Å²) < 4.78 is 32.6. The van der Waals surface area contributed by atoms with Crippen LogP contribution in [-0.2, 0) is 32.5 Å². The van der Waals surface area contributed by atoms with Crippen molar-refractivity contribution in [2.45, 2.75) is 123 Å². The average molecular weight is 791 g/mol. The quantitative estimate of drug-likeness (QED) is 0.178. The van der Waals surface area contributed by atoms with Gasteiger partial charge in [0.05, 0.1) is 40.3 Å². The standard InChI is InChI=1S/C51H58N4O2S/c1-47(2,3)32-14-19-41-37(26-32)38-27-33(48(4,5)6)15-20-42(38)54(41)35-17-22-45(52-30-35)58(56,57)46-23-18-36(31-53-46)55-43-21-16-34(49(7,8)9)28-39(43)40-29-51(13,50(10,11)12)25-24-44(40)55/h14-28,30-31H,29H2,1-13H3. The summed E-state index contributed by atoms with van der Waals surface area (Å²) in [6, 6.07) is 27.0. The lowest BCUT2D eigenvalue weighted by Gasteiger charge is -2.42. The lowest BCUT2D eigenvalue weighted by molar-refractivity contribution is 0.168. The molecule has 7 aromatic rings. The highest BCUT2D eigenvalue weighted by Gasteiger charge is 2.39. The number of hydrogen-bond acceptors (Lipinski definition) is 4. The fourth-order valence-corrected chi connectivity index (χ4v) is 9.45. The normalized spacial score (nSPS) is 16.8. The van der Waals surface area contributed by atoms with Gasteiger partial charge < -0.3 is 9.13 Å². The Hall–Kier alpha value is -5.01. The van der Waals surface area contributed by atoms with E-state index in [0.29, 0.717) is 0 Å². The third-order valence-corrected chi connectivity index (χ3v) is 14.4. The zero-order valence-electron chi connectivity index (χ0n) is 36.5. The Morgan fingerprint density at radius 2 is 0.966 bits per heavy atom. The molecule has 300 valence electrons. The maximum atomic E-state index is 14.1. The molecule has 0 aliphatic heterocycles. The predicted molar refractivity (Wildman–Crippen MR) is 241 cm³/mol. The van der Waals surface area contributed by atoms with Crippen LogP contribution in [0.25, 0.3) is 50.2 Å². The molecule has 1 aliphatic carbocycles. The number of pyridine rings is 2. The Kier molecular flexibility index (Phi) is 8.92. The van der Waals surface area contributed by atoms with Crippen molar-refractivity contribution in [1.29, 1.82) is 0 Å². The SMILES string of the molecule is CC(C)(C)c1ccc2c(c1)c1c(n2-c2ccc(S(=O)(=O)c3ccc(-n4c5ccc(C(C)(C)C)cc5c5cc(C(C)(C)C)ccc54)cn3)nc2)C=CC(C)(C(C)(C)C)C1. The van der Waals surface area contributed by atoms with E-state index in [0.717, 1.165) is 40.0 Å². The van der Waals surface area contributed by atoms with Gasteiger partial charge in [-0.1, -0.05) is 114 Å². The van der Waals surface area contributed by atoms with E-state index in [1.54, 1.807) is 24.5 Å². The van der Waals surface area contributed by atoms with Crippen LogP contribution in [0.15, 0.2) is 107 Å². The molecule has 0 saturated carbocycles. The second-order valence-corrected chi connectivity index (χ2v) is 22.7. The molecule has 4 aromatic heterocycles. The number of nitrogens with zero attached hydrogens (tertiary/aromatic N) is 4. The molecule has 0 N–H and O–H groups in total. The van der Waals surface area contributed by atoms with Crippen LogP contribution in [0.1, 0.15) is 118 Å². The van der Waals surface area contributed by atoms with E-state index in [1.807, 2.05) is 12.1 Å². The summed E-state index contributed by atoms with van der Waals surface area (Å²) in [4.78, 5) is 9.17. The molecule has 0 spiro atoms. The van der Waals surface area contributed by atoms with E-state index in [1.165, 1.54) is 38.4 Å². The van der Waals surface area contributed by atoms with Crippen molar-refractivity contribution in [3.63, 3.8) is 0 Å². The van der Waals surface area contributed by atoms with E-state index in [-0.39, 0.29) is 37.1 Å². The minimum absolute atomic E-state index is 0.000568. The molecule has 6 nitrogen and oxygen atoms in total. The molecule has 8 rings (SSSR count). The molecule has 0 saturated heterocycles. The minimum Gasteiger partial charge on any atom is -0.308 e. The van der Waals surface area contributed by atoms with Crippen molar-refractivity contribution < 1.29 is 8.42 Å². The van der Waals surface area contributed by atoms with Gasteiger partial charge in [0.2, 0.25) is 9.84 Å². The minimum atomic E-state index is -4.01. The van der Waals surface area contributed by atoms with Gasteiger partial charge in [-0.25, -0.2) is 18.4 Å². The zero-order chi connectivity index (χ0) is 42.0. The van der Waals surface area contributed by atoms with Crippen LogP contribution in [0.4, 0.5) is 0 Å². The van der Waals surface area contributed by atoms with Gasteiger partial charge in [-0.3, -0.25) is 0 Å². The highest BCUT2D eigenvalue weighted by molar-refractivity contribution is 7.91. The molecule has 0 bridgehead atoms. The smallest absolute Gasteiger partial charge is 0.241 e. The van der Waals surface area contributed by atoms with E-state index in [2.05, 4.69) is 176 Å². The van der Waals surface area contributed by atoms with Crippen LogP contribution in [0.2, 0.25) is 0 Å². The number of sulfone groups is 1. The van der Waals surface area contributed by atoms with Gasteiger partial charge in [0.25, 0.3) is 0 Å². The van der Waals surface area contributed by atoms with Crippen LogP contribution in [0, 0.1) is 10.8 Å². The van der Waals surface area contributed by atoms with Gasteiger partial charge in [-0.15, -0.1) is 0 Å². The molecule has 1 aliphatic rings. The second-order valence-electron chi connectivity index (χ2n) is 20.9. The number of rotatable bonds is 4. The predicted octanol–water partition coefficient (Wildman–Crippen LogP) is 12.9. The Bertz CT molecular complexity index is 2830. The molecular formula is C51H58N4O2S. The first-order valence-electron chi connectivity index (χ1n) is 20.5. The third kappa shape index (κ3) is 6.50. The highest BCUT2D eigenvalue weighted by Crippen LogP contribution is 2.49. The summed E-state index contributed by atoms with van der Waals surface area (Å²) in [5.41, 5.74) is 11.1. The fraction of sp³-hybridized carbons (Fsp3) is 0.373. The molecule has 58 heavy (non-hydrogen) atoms. The van der Waals surface area contributed by atoms with Gasteiger partial charge in [-0.05, 0) is 122 Å². The van der Waals surface area contributed by atoms with Crippen LogP contribution < -0.4 is 0 Å². The average Bonchev–Trinajstić information content (AvgIpc) is 3.64. The first kappa shape index (κ1) is 39.8. The maximum Gasteiger partial charge on any atom is 0.241 e. The van der Waals surface area contributed by atoms with Crippen molar-refractivity contribution in [3.05, 3.63) is 125 Å². The van der Waals surface area contributed by atoms with E-state index >= 15 is 0 Å². The Labute approximate surface area is 345 Å². The van der Waals surface area contributed by atoms with E-state index in [9.17, 15) is 8.42 Å². The Balaban J connectivity index is 1.18. The van der Waals surface area contributed by atoms with Crippen LogP contribution in [0.5, 0.6) is 0 Å². The maximum absolute atomic E-state index is 14.1. The van der Waals surface area contributed by atoms with Crippen molar-refractivity contribution in [2.24, 2.45) is 10.8 Å². The molecule has 1 unspecified atom stereocenters. The summed E-state index contributed by atoms with van der Waals surface area (Å²) in [5.74, 6) is 0. The van der Waals surface area contributed by atoms with E-state index < -0.39 is 9.84 Å². The lowest BCUT2D eigenvalue weighted by atomic mass is 9.63. The van der Waals surface area contributed by atoms with Gasteiger partial charge in [-0.2, -0.15) is 0 Å². The summed E-state index contributed by atoms with van der Waals surface area (Å²) in [7, 11) is -4.01. The van der Waals surface area contributed by atoms with Gasteiger partial charge >= 0.3 is 0 Å². The largest absolute Gasteiger partial charge is 0.308 e. The molecule has 1 atom stereocenters. The number of aromatic nitrogens is 4.